The molecule has 0 aliphatic heterocycles. The van der Waals surface area contributed by atoms with E-state index in [0.717, 1.165) is 22.9 Å². The molecular formula is C14H16N2O2. The molecule has 4 nitrogen and oxygen atoms in total. The molecule has 0 saturated carbocycles. The maximum absolute atomic E-state index is 11.3. The Balaban J connectivity index is 2.80. The number of aromatic nitrogens is 1. The van der Waals surface area contributed by atoms with Crippen LogP contribution in [0.2, 0.25) is 0 Å². The average molecular weight is 244 g/mol. The number of aryl methyl sites for hydroxylation is 1. The van der Waals surface area contributed by atoms with Gasteiger partial charge in [-0.3, -0.25) is 0 Å². The summed E-state index contributed by atoms with van der Waals surface area (Å²) < 4.78 is 0. The zero-order valence-corrected chi connectivity index (χ0v) is 10.8. The van der Waals surface area contributed by atoms with Crippen LogP contribution >= 0.6 is 0 Å². The molecule has 1 heterocycles. The predicted octanol–water partition coefficient (Wildman–Crippen LogP) is 2.56. The number of carboxylic acid groups (broad SMARTS) is 1. The Morgan fingerprint density at radius 1 is 1.39 bits per heavy atom. The lowest BCUT2D eigenvalue weighted by Crippen LogP contribution is -2.16. The zero-order chi connectivity index (χ0) is 13.3. The van der Waals surface area contributed by atoms with E-state index in [1.807, 2.05) is 18.2 Å². The number of rotatable bonds is 3. The smallest absolute Gasteiger partial charge is 0.339 e. The molecule has 94 valence electrons. The van der Waals surface area contributed by atoms with E-state index in [-0.39, 0.29) is 5.56 Å². The molecule has 0 amide bonds. The summed E-state index contributed by atoms with van der Waals surface area (Å²) in [6.07, 6.45) is 0.879. The molecular weight excluding hydrogens is 228 g/mol. The van der Waals surface area contributed by atoms with Crippen LogP contribution in [0, 0.1) is 0 Å². The van der Waals surface area contributed by atoms with Gasteiger partial charge in [-0.25, -0.2) is 9.78 Å². The van der Waals surface area contributed by atoms with Crippen molar-refractivity contribution in [1.29, 1.82) is 0 Å². The maximum atomic E-state index is 11.3. The van der Waals surface area contributed by atoms with Crippen molar-refractivity contribution in [1.82, 2.24) is 4.98 Å². The fourth-order valence-electron chi connectivity index (χ4n) is 2.03. The average Bonchev–Trinajstić information content (AvgIpc) is 2.36. The molecule has 1 N–H and O–H groups in total. The molecule has 0 aliphatic rings. The van der Waals surface area contributed by atoms with Gasteiger partial charge in [-0.05, 0) is 18.1 Å². The summed E-state index contributed by atoms with van der Waals surface area (Å²) in [4.78, 5) is 17.5. The van der Waals surface area contributed by atoms with E-state index >= 15 is 0 Å². The molecule has 0 aliphatic carbocycles. The summed E-state index contributed by atoms with van der Waals surface area (Å²) in [5, 5.41) is 10.1. The highest BCUT2D eigenvalue weighted by molar-refractivity contribution is 5.98. The largest absolute Gasteiger partial charge is 0.478 e. The Morgan fingerprint density at radius 2 is 2.11 bits per heavy atom. The van der Waals surface area contributed by atoms with Gasteiger partial charge in [0.25, 0.3) is 0 Å². The topological polar surface area (TPSA) is 53.4 Å². The summed E-state index contributed by atoms with van der Waals surface area (Å²) in [6, 6.07) is 7.55. The number of pyridine rings is 1. The van der Waals surface area contributed by atoms with Crippen LogP contribution in [0.25, 0.3) is 10.9 Å². The highest BCUT2D eigenvalue weighted by Gasteiger charge is 2.15. The third-order valence-electron chi connectivity index (χ3n) is 2.94. The van der Waals surface area contributed by atoms with Gasteiger partial charge < -0.3 is 10.0 Å². The third-order valence-corrected chi connectivity index (χ3v) is 2.94. The van der Waals surface area contributed by atoms with E-state index < -0.39 is 5.97 Å². The predicted molar refractivity (Wildman–Crippen MR) is 72.4 cm³/mol. The van der Waals surface area contributed by atoms with E-state index in [2.05, 4.69) is 11.9 Å². The van der Waals surface area contributed by atoms with Crippen LogP contribution in [-0.4, -0.2) is 30.2 Å². The molecule has 18 heavy (non-hydrogen) atoms. The first-order chi connectivity index (χ1) is 8.54. The quantitative estimate of drug-likeness (QED) is 0.901. The lowest BCUT2D eigenvalue weighted by Gasteiger charge is -2.16. The first-order valence-corrected chi connectivity index (χ1v) is 5.88. The number of aromatic carboxylic acids is 1. The Bertz CT molecular complexity index is 606. The first-order valence-electron chi connectivity index (χ1n) is 5.88. The minimum absolute atomic E-state index is 0.237. The number of anilines is 1. The number of hydrogen-bond acceptors (Lipinski definition) is 3. The Kier molecular flexibility index (Phi) is 3.19. The molecule has 0 unspecified atom stereocenters. The molecule has 0 radical (unpaired) electrons. The van der Waals surface area contributed by atoms with Crippen LogP contribution < -0.4 is 4.90 Å². The second kappa shape index (κ2) is 4.64. The Hall–Kier alpha value is -2.10. The molecule has 0 spiro atoms. The molecule has 1 aromatic heterocycles. The van der Waals surface area contributed by atoms with Gasteiger partial charge in [0.2, 0.25) is 0 Å². The van der Waals surface area contributed by atoms with Gasteiger partial charge in [0.1, 0.15) is 11.4 Å². The van der Waals surface area contributed by atoms with Gasteiger partial charge >= 0.3 is 5.97 Å². The second-order valence-corrected chi connectivity index (χ2v) is 4.40. The maximum Gasteiger partial charge on any atom is 0.339 e. The highest BCUT2D eigenvalue weighted by Crippen LogP contribution is 2.25. The third kappa shape index (κ3) is 2.01. The van der Waals surface area contributed by atoms with Crippen molar-refractivity contribution in [3.8, 4) is 0 Å². The van der Waals surface area contributed by atoms with Gasteiger partial charge in [0, 0.05) is 19.5 Å². The van der Waals surface area contributed by atoms with Crippen molar-refractivity contribution in [2.75, 3.05) is 19.0 Å². The van der Waals surface area contributed by atoms with E-state index in [0.29, 0.717) is 5.82 Å². The number of hydrogen-bond donors (Lipinski definition) is 1. The molecule has 1 aromatic carbocycles. The van der Waals surface area contributed by atoms with Crippen molar-refractivity contribution in [2.45, 2.75) is 13.3 Å². The van der Waals surface area contributed by atoms with Crippen LogP contribution in [0.3, 0.4) is 0 Å². The fourth-order valence-corrected chi connectivity index (χ4v) is 2.03. The van der Waals surface area contributed by atoms with Crippen LogP contribution in [0.15, 0.2) is 24.3 Å². The van der Waals surface area contributed by atoms with Gasteiger partial charge in [-0.2, -0.15) is 0 Å². The molecule has 2 rings (SSSR count). The van der Waals surface area contributed by atoms with Crippen molar-refractivity contribution >= 4 is 22.7 Å². The Morgan fingerprint density at radius 3 is 2.67 bits per heavy atom. The highest BCUT2D eigenvalue weighted by atomic mass is 16.4. The van der Waals surface area contributed by atoms with E-state index in [1.54, 1.807) is 25.1 Å². The Labute approximate surface area is 106 Å². The molecule has 0 saturated heterocycles. The summed E-state index contributed by atoms with van der Waals surface area (Å²) >= 11 is 0. The normalized spacial score (nSPS) is 10.6. The van der Waals surface area contributed by atoms with E-state index in [1.165, 1.54) is 0 Å². The molecule has 0 fully saturated rings. The first kappa shape index (κ1) is 12.4. The molecule has 2 aromatic rings. The summed E-state index contributed by atoms with van der Waals surface area (Å²) in [6.45, 7) is 2.07. The van der Waals surface area contributed by atoms with Crippen molar-refractivity contribution in [3.05, 3.63) is 35.4 Å². The van der Waals surface area contributed by atoms with E-state index in [4.69, 9.17) is 0 Å². The fraction of sp³-hybridized carbons (Fsp3) is 0.286. The number of carbonyl (C=O) groups is 1. The van der Waals surface area contributed by atoms with Gasteiger partial charge in [0.15, 0.2) is 0 Å². The van der Waals surface area contributed by atoms with Crippen LogP contribution in [-0.2, 0) is 6.42 Å². The summed E-state index contributed by atoms with van der Waals surface area (Å²) in [7, 11) is 3.60. The zero-order valence-electron chi connectivity index (χ0n) is 10.8. The lowest BCUT2D eigenvalue weighted by molar-refractivity contribution is 0.0697. The molecule has 0 bridgehead atoms. The molecule has 0 atom stereocenters. The van der Waals surface area contributed by atoms with Crippen molar-refractivity contribution in [3.63, 3.8) is 0 Å². The number of fused-ring (bicyclic) bond motifs is 1. The number of para-hydroxylation sites is 1. The monoisotopic (exact) mass is 244 g/mol. The number of carboxylic acids is 1. The summed E-state index contributed by atoms with van der Waals surface area (Å²) in [5.41, 5.74) is 2.25. The van der Waals surface area contributed by atoms with Crippen LogP contribution in [0.5, 0.6) is 0 Å². The van der Waals surface area contributed by atoms with Crippen LogP contribution in [0.1, 0.15) is 22.8 Å². The SMILES string of the molecule is CCc1cccc2cc(C(=O)O)c(N(C)C)nc12. The van der Waals surface area contributed by atoms with Gasteiger partial charge in [-0.15, -0.1) is 0 Å². The van der Waals surface area contributed by atoms with Crippen LogP contribution in [0.4, 0.5) is 5.82 Å². The van der Waals surface area contributed by atoms with Gasteiger partial charge in [0.05, 0.1) is 5.52 Å². The number of nitrogens with zero attached hydrogens (tertiary/aromatic N) is 2. The minimum atomic E-state index is -0.949. The van der Waals surface area contributed by atoms with E-state index in [9.17, 15) is 9.90 Å². The van der Waals surface area contributed by atoms with Crippen molar-refractivity contribution < 1.29 is 9.90 Å². The lowest BCUT2D eigenvalue weighted by atomic mass is 10.1. The second-order valence-electron chi connectivity index (χ2n) is 4.40. The number of benzene rings is 1. The minimum Gasteiger partial charge on any atom is -0.478 e. The van der Waals surface area contributed by atoms with Crippen molar-refractivity contribution in [2.24, 2.45) is 0 Å². The molecule has 4 heteroatoms. The summed E-state index contributed by atoms with van der Waals surface area (Å²) in [5.74, 6) is -0.453. The standard InChI is InChI=1S/C14H16N2O2/c1-4-9-6-5-7-10-8-11(14(17)18)13(16(2)3)15-12(9)10/h5-8H,4H2,1-3H3,(H,17,18). The van der Waals surface area contributed by atoms with Gasteiger partial charge in [-0.1, -0.05) is 25.1 Å².